The molecule has 0 unspecified atom stereocenters. The zero-order valence-electron chi connectivity index (χ0n) is 11.2. The van der Waals surface area contributed by atoms with E-state index >= 15 is 0 Å². The number of cyclic esters (lactones) is 2. The average Bonchev–Trinajstić information content (AvgIpc) is 2.54. The van der Waals surface area contributed by atoms with Gasteiger partial charge < -0.3 is 4.74 Å². The van der Waals surface area contributed by atoms with E-state index in [1.165, 1.54) is 0 Å². The molecule has 3 heteroatoms. The molecular weight excluding hydrogens is 228 g/mol. The molecule has 96 valence electrons. The summed E-state index contributed by atoms with van der Waals surface area (Å²) >= 11 is 0. The van der Waals surface area contributed by atoms with E-state index < -0.39 is 11.9 Å². The maximum atomic E-state index is 11.5. The van der Waals surface area contributed by atoms with Crippen LogP contribution in [0.1, 0.15) is 54.0 Å². The molecule has 0 saturated heterocycles. The van der Waals surface area contributed by atoms with Gasteiger partial charge in [-0.1, -0.05) is 33.8 Å². The van der Waals surface area contributed by atoms with Crippen LogP contribution in [0.15, 0.2) is 18.2 Å². The molecule has 1 aromatic rings. The second kappa shape index (κ2) is 4.23. The first-order chi connectivity index (χ1) is 8.31. The molecule has 0 N–H and O–H groups in total. The summed E-state index contributed by atoms with van der Waals surface area (Å²) in [7, 11) is 0. The Bertz CT molecular complexity index is 512. The van der Waals surface area contributed by atoms with Crippen LogP contribution < -0.4 is 0 Å². The van der Waals surface area contributed by atoms with E-state index in [1.807, 2.05) is 6.07 Å². The van der Waals surface area contributed by atoms with Crippen molar-refractivity contribution < 1.29 is 14.3 Å². The monoisotopic (exact) mass is 246 g/mol. The fraction of sp³-hybridized carbons (Fsp3) is 0.467. The first-order valence-corrected chi connectivity index (χ1v) is 6.21. The summed E-state index contributed by atoms with van der Waals surface area (Å²) in [5, 5.41) is 0. The van der Waals surface area contributed by atoms with Crippen molar-refractivity contribution in [1.29, 1.82) is 0 Å². The van der Waals surface area contributed by atoms with E-state index in [1.54, 1.807) is 12.1 Å². The third-order valence-corrected chi connectivity index (χ3v) is 3.93. The standard InChI is InChI=1S/C15H18O3/c1-9(2)15(3,4)8-10-5-6-11-12(7-10)14(17)18-13(11)16/h5-7,9H,8H2,1-4H3. The molecule has 1 heterocycles. The second-order valence-electron chi connectivity index (χ2n) is 5.88. The van der Waals surface area contributed by atoms with Crippen molar-refractivity contribution >= 4 is 11.9 Å². The van der Waals surface area contributed by atoms with Gasteiger partial charge in [0.15, 0.2) is 0 Å². The summed E-state index contributed by atoms with van der Waals surface area (Å²) in [6.07, 6.45) is 0.874. The van der Waals surface area contributed by atoms with E-state index in [2.05, 4.69) is 32.4 Å². The van der Waals surface area contributed by atoms with Gasteiger partial charge >= 0.3 is 11.9 Å². The topological polar surface area (TPSA) is 43.4 Å². The van der Waals surface area contributed by atoms with Crippen LogP contribution >= 0.6 is 0 Å². The third-order valence-electron chi connectivity index (χ3n) is 3.93. The van der Waals surface area contributed by atoms with Crippen LogP contribution in [0, 0.1) is 11.3 Å². The predicted octanol–water partition coefficient (Wildman–Crippen LogP) is 3.22. The van der Waals surface area contributed by atoms with Gasteiger partial charge in [-0.3, -0.25) is 0 Å². The molecule has 1 aliphatic heterocycles. The number of rotatable bonds is 3. The van der Waals surface area contributed by atoms with Crippen molar-refractivity contribution in [2.45, 2.75) is 34.1 Å². The minimum absolute atomic E-state index is 0.154. The molecule has 0 radical (unpaired) electrons. The lowest BCUT2D eigenvalue weighted by atomic mass is 9.76. The van der Waals surface area contributed by atoms with Gasteiger partial charge in [-0.05, 0) is 35.4 Å². The molecule has 0 amide bonds. The highest BCUT2D eigenvalue weighted by Crippen LogP contribution is 2.32. The van der Waals surface area contributed by atoms with Gasteiger partial charge in [-0.25, -0.2) is 9.59 Å². The highest BCUT2D eigenvalue weighted by atomic mass is 16.6. The minimum atomic E-state index is -0.537. The van der Waals surface area contributed by atoms with E-state index in [4.69, 9.17) is 0 Å². The predicted molar refractivity (Wildman–Crippen MR) is 68.5 cm³/mol. The highest BCUT2D eigenvalue weighted by Gasteiger charge is 2.30. The number of hydrogen-bond acceptors (Lipinski definition) is 3. The number of fused-ring (bicyclic) bond motifs is 1. The van der Waals surface area contributed by atoms with E-state index in [-0.39, 0.29) is 5.41 Å². The van der Waals surface area contributed by atoms with Crippen LogP contribution in [0.5, 0.6) is 0 Å². The molecule has 1 aromatic carbocycles. The number of carbonyl (C=O) groups excluding carboxylic acids is 2. The normalized spacial score (nSPS) is 14.9. The van der Waals surface area contributed by atoms with Gasteiger partial charge in [0.2, 0.25) is 0 Å². The maximum absolute atomic E-state index is 11.5. The van der Waals surface area contributed by atoms with Crippen LogP contribution in [0.4, 0.5) is 0 Å². The van der Waals surface area contributed by atoms with Crippen molar-refractivity contribution in [2.75, 3.05) is 0 Å². The lowest BCUT2D eigenvalue weighted by Gasteiger charge is -2.29. The Labute approximate surface area is 107 Å². The van der Waals surface area contributed by atoms with Crippen molar-refractivity contribution in [2.24, 2.45) is 11.3 Å². The number of ether oxygens (including phenoxy) is 1. The Morgan fingerprint density at radius 2 is 1.72 bits per heavy atom. The van der Waals surface area contributed by atoms with Gasteiger partial charge in [0.1, 0.15) is 0 Å². The maximum Gasteiger partial charge on any atom is 0.346 e. The van der Waals surface area contributed by atoms with Gasteiger partial charge in [0.25, 0.3) is 0 Å². The highest BCUT2D eigenvalue weighted by molar-refractivity contribution is 6.14. The number of hydrogen-bond donors (Lipinski definition) is 0. The molecule has 1 aliphatic rings. The van der Waals surface area contributed by atoms with Crippen molar-refractivity contribution in [3.8, 4) is 0 Å². The molecule has 3 nitrogen and oxygen atoms in total. The molecule has 18 heavy (non-hydrogen) atoms. The largest absolute Gasteiger partial charge is 0.386 e. The minimum Gasteiger partial charge on any atom is -0.386 e. The van der Waals surface area contributed by atoms with E-state index in [9.17, 15) is 9.59 Å². The summed E-state index contributed by atoms with van der Waals surface area (Å²) in [6.45, 7) is 8.78. The number of esters is 2. The Kier molecular flexibility index (Phi) is 3.01. The number of benzene rings is 1. The number of carbonyl (C=O) groups is 2. The van der Waals surface area contributed by atoms with Gasteiger partial charge in [0.05, 0.1) is 11.1 Å². The fourth-order valence-corrected chi connectivity index (χ4v) is 1.97. The van der Waals surface area contributed by atoms with Crippen LogP contribution in [0.2, 0.25) is 0 Å². The van der Waals surface area contributed by atoms with Gasteiger partial charge in [0, 0.05) is 0 Å². The Morgan fingerprint density at radius 1 is 1.11 bits per heavy atom. The lowest BCUT2D eigenvalue weighted by Crippen LogP contribution is -2.22. The molecule has 0 saturated carbocycles. The van der Waals surface area contributed by atoms with Gasteiger partial charge in [-0.15, -0.1) is 0 Å². The molecule has 0 fully saturated rings. The quantitative estimate of drug-likeness (QED) is 0.607. The molecular formula is C15H18O3. The summed E-state index contributed by atoms with van der Waals surface area (Å²) in [4.78, 5) is 22.8. The van der Waals surface area contributed by atoms with Crippen LogP contribution in [0.25, 0.3) is 0 Å². The third kappa shape index (κ3) is 2.17. The SMILES string of the molecule is CC(C)C(C)(C)Cc1ccc2c(c1)C(=O)OC2=O. The average molecular weight is 246 g/mol. The molecule has 0 aromatic heterocycles. The van der Waals surface area contributed by atoms with Crippen LogP contribution in [-0.2, 0) is 11.2 Å². The summed E-state index contributed by atoms with van der Waals surface area (Å²) in [5.41, 5.74) is 2.00. The van der Waals surface area contributed by atoms with Crippen molar-refractivity contribution in [3.63, 3.8) is 0 Å². The zero-order chi connectivity index (χ0) is 13.5. The first kappa shape index (κ1) is 12.8. The molecule has 0 aliphatic carbocycles. The smallest absolute Gasteiger partial charge is 0.346 e. The Hall–Kier alpha value is -1.64. The summed E-state index contributed by atoms with van der Waals surface area (Å²) in [5.74, 6) is -0.525. The second-order valence-corrected chi connectivity index (χ2v) is 5.88. The van der Waals surface area contributed by atoms with Gasteiger partial charge in [-0.2, -0.15) is 0 Å². The van der Waals surface area contributed by atoms with Crippen molar-refractivity contribution in [1.82, 2.24) is 0 Å². The Morgan fingerprint density at radius 3 is 2.33 bits per heavy atom. The fourth-order valence-electron chi connectivity index (χ4n) is 1.97. The summed E-state index contributed by atoms with van der Waals surface area (Å²) in [6, 6.07) is 5.38. The van der Waals surface area contributed by atoms with Crippen LogP contribution in [0.3, 0.4) is 0 Å². The molecule has 2 rings (SSSR count). The molecule has 0 spiro atoms. The van der Waals surface area contributed by atoms with Crippen molar-refractivity contribution in [3.05, 3.63) is 34.9 Å². The summed E-state index contributed by atoms with van der Waals surface area (Å²) < 4.78 is 4.59. The van der Waals surface area contributed by atoms with E-state index in [0.717, 1.165) is 12.0 Å². The Balaban J connectivity index is 2.31. The molecule has 0 atom stereocenters. The lowest BCUT2D eigenvalue weighted by molar-refractivity contribution is 0.0443. The first-order valence-electron chi connectivity index (χ1n) is 6.21. The van der Waals surface area contributed by atoms with Crippen LogP contribution in [-0.4, -0.2) is 11.9 Å². The van der Waals surface area contributed by atoms with E-state index in [0.29, 0.717) is 17.0 Å². The zero-order valence-corrected chi connectivity index (χ0v) is 11.2. The molecule has 0 bridgehead atoms.